The molecule has 288 valence electrons. The Morgan fingerprint density at radius 1 is 1.13 bits per heavy atom. The van der Waals surface area contributed by atoms with Crippen LogP contribution >= 0.6 is 11.6 Å². The normalized spacial score (nSPS) is 23.6. The minimum atomic E-state index is -3.65. The van der Waals surface area contributed by atoms with E-state index in [0.29, 0.717) is 30.7 Å². The highest BCUT2D eigenvalue weighted by Crippen LogP contribution is 2.47. The molecule has 2 aromatic carbocycles. The van der Waals surface area contributed by atoms with Crippen LogP contribution in [0.2, 0.25) is 5.02 Å². The molecule has 3 aromatic rings. The molecule has 2 amide bonds. The second kappa shape index (κ2) is 16.0. The number of carbonyl (C=O) groups is 2. The van der Waals surface area contributed by atoms with Gasteiger partial charge in [-0.3, -0.25) is 19.0 Å². The summed E-state index contributed by atoms with van der Waals surface area (Å²) in [7, 11) is 2.70. The lowest BCUT2D eigenvalue weighted by Crippen LogP contribution is -2.49. The fourth-order valence-electron chi connectivity index (χ4n) is 8.13. The summed E-state index contributed by atoms with van der Waals surface area (Å²) in [6, 6.07) is 11.5. The van der Waals surface area contributed by atoms with Crippen LogP contribution in [0.1, 0.15) is 78.3 Å². The maximum Gasteiger partial charge on any atom is 0.286 e. The molecule has 1 aliphatic heterocycles. The van der Waals surface area contributed by atoms with Gasteiger partial charge in [0.05, 0.1) is 37.4 Å². The minimum absolute atomic E-state index is 0.0669. The molecule has 1 unspecified atom stereocenters. The number of amides is 2. The van der Waals surface area contributed by atoms with Gasteiger partial charge in [0.2, 0.25) is 5.88 Å². The van der Waals surface area contributed by atoms with Gasteiger partial charge in [-0.15, -0.1) is 9.46 Å². The Balaban J connectivity index is 1.37. The van der Waals surface area contributed by atoms with E-state index in [4.69, 9.17) is 30.5 Å². The summed E-state index contributed by atoms with van der Waals surface area (Å²) >= 11 is 6.46. The quantitative estimate of drug-likeness (QED) is 0.227. The molecule has 1 N–H and O–H groups in total. The molecule has 6 rings (SSSR count). The number of nitrogens with one attached hydrogen (secondary N) is 1. The van der Waals surface area contributed by atoms with Crippen molar-refractivity contribution in [3.63, 3.8) is 0 Å². The summed E-state index contributed by atoms with van der Waals surface area (Å²) in [5, 5.41) is 4.87. The number of ether oxygens (including phenoxy) is 4. The highest BCUT2D eigenvalue weighted by atomic mass is 35.5. The Morgan fingerprint density at radius 2 is 1.92 bits per heavy atom. The van der Waals surface area contributed by atoms with Crippen molar-refractivity contribution in [1.82, 2.24) is 14.5 Å². The average molecular weight is 770 g/mol. The van der Waals surface area contributed by atoms with E-state index in [9.17, 15) is 13.8 Å². The zero-order chi connectivity index (χ0) is 38.1. The molecule has 53 heavy (non-hydrogen) atoms. The van der Waals surface area contributed by atoms with Crippen molar-refractivity contribution in [1.29, 1.82) is 0 Å². The van der Waals surface area contributed by atoms with Crippen LogP contribution in [-0.4, -0.2) is 84.8 Å². The van der Waals surface area contributed by atoms with Crippen molar-refractivity contribution in [2.45, 2.75) is 70.5 Å². The van der Waals surface area contributed by atoms with Crippen molar-refractivity contribution in [3.05, 3.63) is 69.9 Å². The van der Waals surface area contributed by atoms with E-state index in [1.807, 2.05) is 26.0 Å². The molecule has 1 fully saturated rings. The average Bonchev–Trinajstić information content (AvgIpc) is 3.44. The molecule has 1 aromatic heterocycles. The number of fused-ring (bicyclic) bond motifs is 3. The number of hydrogen-bond donors (Lipinski definition) is 1. The van der Waals surface area contributed by atoms with Gasteiger partial charge >= 0.3 is 0 Å². The molecule has 0 saturated heterocycles. The van der Waals surface area contributed by atoms with Gasteiger partial charge in [-0.1, -0.05) is 24.6 Å². The Labute approximate surface area is 318 Å². The molecule has 12 nitrogen and oxygen atoms in total. The van der Waals surface area contributed by atoms with Crippen molar-refractivity contribution in [2.75, 3.05) is 51.7 Å². The van der Waals surface area contributed by atoms with Gasteiger partial charge in [-0.2, -0.15) is 0 Å². The van der Waals surface area contributed by atoms with Gasteiger partial charge < -0.3 is 23.8 Å². The van der Waals surface area contributed by atoms with Crippen molar-refractivity contribution < 1.29 is 32.7 Å². The van der Waals surface area contributed by atoms with Crippen LogP contribution in [0.5, 0.6) is 11.6 Å². The molecular formula is C39H52ClN5O7S. The molecule has 0 radical (unpaired) electrons. The molecule has 0 bridgehead atoms. The number of rotatable bonds is 12. The topological polar surface area (TPSA) is 134 Å². The number of nitrogens with zero attached hydrogens (tertiary/aromatic N) is 4. The predicted molar refractivity (Wildman–Crippen MR) is 206 cm³/mol. The Bertz CT molecular complexity index is 1960. The van der Waals surface area contributed by atoms with Crippen LogP contribution < -0.4 is 19.1 Å². The molecule has 2 heterocycles. The fourth-order valence-corrected chi connectivity index (χ4v) is 10.3. The first-order valence-corrected chi connectivity index (χ1v) is 20.4. The van der Waals surface area contributed by atoms with E-state index in [1.165, 1.54) is 29.1 Å². The number of benzene rings is 2. The number of aryl methyl sites for hydroxylation is 2. The largest absolute Gasteiger partial charge is 0.490 e. The van der Waals surface area contributed by atoms with Crippen LogP contribution in [0.25, 0.3) is 0 Å². The van der Waals surface area contributed by atoms with Crippen molar-refractivity contribution in [3.8, 4) is 11.6 Å². The predicted octanol–water partition coefficient (Wildman–Crippen LogP) is 6.24. The molecule has 14 heteroatoms. The highest BCUT2D eigenvalue weighted by molar-refractivity contribution is 7.92. The molecule has 1 saturated carbocycles. The lowest BCUT2D eigenvalue weighted by atomic mass is 9.68. The van der Waals surface area contributed by atoms with E-state index in [0.717, 1.165) is 49.4 Å². The lowest BCUT2D eigenvalue weighted by molar-refractivity contribution is -0.00436. The monoisotopic (exact) mass is 769 g/mol. The highest BCUT2D eigenvalue weighted by Gasteiger charge is 2.44. The van der Waals surface area contributed by atoms with Crippen LogP contribution in [0.15, 0.2) is 47.0 Å². The van der Waals surface area contributed by atoms with Gasteiger partial charge in [0, 0.05) is 56.6 Å². The van der Waals surface area contributed by atoms with Crippen molar-refractivity contribution in [2.24, 2.45) is 29.2 Å². The minimum Gasteiger partial charge on any atom is -0.490 e. The molecule has 1 spiro atoms. The zero-order valence-corrected chi connectivity index (χ0v) is 33.3. The van der Waals surface area contributed by atoms with E-state index >= 15 is 0 Å². The molecule has 3 aliphatic rings. The first-order valence-electron chi connectivity index (χ1n) is 18.3. The number of hydrogen-bond acceptors (Lipinski definition) is 9. The van der Waals surface area contributed by atoms with Crippen LogP contribution in [0, 0.1) is 17.8 Å². The third kappa shape index (κ3) is 8.23. The smallest absolute Gasteiger partial charge is 0.286 e. The lowest BCUT2D eigenvalue weighted by Gasteiger charge is -2.45. The standard InChI is InChI=1S/C39H52ClN5O7S/c1-24(25(2)49-5)21-53(48,43-37(47)32-20-44(4)41-38(32)51-7)42-36(46)28-11-15-35-34(18-28)45(19-29-10-13-31(29)26(3)50-6)22-39(23-52-35)16-8-9-27-17-30(40)12-14-33(27)39/h11-12,14-15,17-18,20,24-26,29,31H,8-10,13,16,19,21-23H2,1-7H3,(H,42,43,46,47,48)/t24-,25+,26+,29+,31+,39+,53?/m1/s1. The fraction of sp³-hybridized carbons (Fsp3) is 0.564. The number of carbonyl (C=O) groups excluding carboxylic acids is 2. The van der Waals surface area contributed by atoms with E-state index in [-0.39, 0.29) is 46.3 Å². The van der Waals surface area contributed by atoms with Gasteiger partial charge in [0.1, 0.15) is 21.2 Å². The Morgan fingerprint density at radius 3 is 2.62 bits per heavy atom. The summed E-state index contributed by atoms with van der Waals surface area (Å²) < 4.78 is 46.0. The van der Waals surface area contributed by atoms with Crippen molar-refractivity contribution >= 4 is 39.0 Å². The molecule has 2 aliphatic carbocycles. The number of methoxy groups -OCH3 is 3. The SMILES string of the molecule is COc1nn(C)cc1C(=O)NS(=O)(C[C@@H](C)[C@H](C)OC)=NC(=O)c1ccc2c(c1)N(C[C@@H]1CC[C@H]1[C@H](C)OC)C[C@@]1(CCCc3cc(Cl)ccc31)CO2. The van der Waals surface area contributed by atoms with E-state index in [1.54, 1.807) is 33.4 Å². The maximum atomic E-state index is 14.6. The first kappa shape index (κ1) is 39.1. The summed E-state index contributed by atoms with van der Waals surface area (Å²) in [5.41, 5.74) is 3.34. The molecule has 7 atom stereocenters. The summed E-state index contributed by atoms with van der Waals surface area (Å²) in [4.78, 5) is 30.0. The van der Waals surface area contributed by atoms with E-state index in [2.05, 4.69) is 38.1 Å². The summed E-state index contributed by atoms with van der Waals surface area (Å²) in [6.07, 6.45) is 6.40. The third-order valence-electron chi connectivity index (χ3n) is 11.6. The number of halogens is 1. The number of anilines is 1. The summed E-state index contributed by atoms with van der Waals surface area (Å²) in [6.45, 7) is 7.75. The van der Waals surface area contributed by atoms with Crippen LogP contribution in [-0.2, 0) is 38.3 Å². The Hall–Kier alpha value is -3.65. The van der Waals surface area contributed by atoms with E-state index < -0.39 is 21.7 Å². The second-order valence-electron chi connectivity index (χ2n) is 15.0. The Kier molecular flexibility index (Phi) is 11.8. The van der Waals surface area contributed by atoms with Gasteiger partial charge in [-0.05, 0) is 105 Å². The second-order valence-corrected chi connectivity index (χ2v) is 17.4. The number of aromatic nitrogens is 2. The van der Waals surface area contributed by atoms with Gasteiger partial charge in [0.25, 0.3) is 11.8 Å². The third-order valence-corrected chi connectivity index (χ3v) is 13.7. The zero-order valence-electron chi connectivity index (χ0n) is 31.7. The van der Waals surface area contributed by atoms with Crippen LogP contribution in [0.4, 0.5) is 5.69 Å². The van der Waals surface area contributed by atoms with Gasteiger partial charge in [0.15, 0.2) is 0 Å². The summed E-state index contributed by atoms with van der Waals surface area (Å²) in [5.74, 6) is -0.292. The maximum absolute atomic E-state index is 14.6. The molecular weight excluding hydrogens is 718 g/mol. The van der Waals surface area contributed by atoms with Gasteiger partial charge in [-0.25, -0.2) is 4.21 Å². The van der Waals surface area contributed by atoms with Crippen LogP contribution in [0.3, 0.4) is 0 Å². The first-order chi connectivity index (χ1) is 25.3.